The van der Waals surface area contributed by atoms with Crippen molar-refractivity contribution in [2.24, 2.45) is 10.7 Å². The summed E-state index contributed by atoms with van der Waals surface area (Å²) >= 11 is 0. The highest BCUT2D eigenvalue weighted by molar-refractivity contribution is 7.52. The first kappa shape index (κ1) is 26.9. The van der Waals surface area contributed by atoms with Crippen molar-refractivity contribution >= 4 is 19.6 Å². The van der Waals surface area contributed by atoms with Gasteiger partial charge in [0.1, 0.15) is 23.4 Å². The first-order chi connectivity index (χ1) is 16.4. The first-order valence-electron chi connectivity index (χ1n) is 11.2. The summed E-state index contributed by atoms with van der Waals surface area (Å²) in [7, 11) is -4.10. The Kier molecular flexibility index (Phi) is 8.38. The van der Waals surface area contributed by atoms with Gasteiger partial charge in [-0.3, -0.25) is 9.32 Å². The molecule has 0 spiro atoms. The highest BCUT2D eigenvalue weighted by Gasteiger charge is 2.50. The number of nitrogens with one attached hydrogen (secondary N) is 1. The van der Waals surface area contributed by atoms with Gasteiger partial charge in [-0.15, -0.1) is 0 Å². The lowest BCUT2D eigenvalue weighted by atomic mass is 10.0. The first-order valence-corrected chi connectivity index (χ1v) is 12.7. The van der Waals surface area contributed by atoms with E-state index in [0.717, 1.165) is 0 Å². The quantitative estimate of drug-likeness (QED) is 0.359. The molecule has 192 valence electrons. The normalized spacial score (nSPS) is 26.9. The molecule has 2 unspecified atom stereocenters. The summed E-state index contributed by atoms with van der Waals surface area (Å²) in [5.74, 6) is 0.125. The SMILES string of the molecule is C=C1N=C(N)C=CN1[C@@H]1O[C@H](COP(=O)(NC(C)C(=O)OC(C)C)Oc2ccccc2)C[C@@]1(C)F. The third-order valence-corrected chi connectivity index (χ3v) is 6.78. The number of benzene rings is 1. The van der Waals surface area contributed by atoms with E-state index in [4.69, 9.17) is 24.3 Å². The van der Waals surface area contributed by atoms with E-state index in [9.17, 15) is 9.36 Å². The Bertz CT molecular complexity index is 1030. The van der Waals surface area contributed by atoms with Crippen molar-refractivity contribution in [1.29, 1.82) is 0 Å². The molecule has 1 saturated heterocycles. The van der Waals surface area contributed by atoms with Gasteiger partial charge in [-0.25, -0.2) is 13.9 Å². The number of para-hydroxylation sites is 1. The summed E-state index contributed by atoms with van der Waals surface area (Å²) in [6.45, 7) is 9.80. The fourth-order valence-electron chi connectivity index (χ4n) is 3.59. The lowest BCUT2D eigenvalue weighted by molar-refractivity contribution is -0.149. The van der Waals surface area contributed by atoms with Gasteiger partial charge in [0, 0.05) is 12.6 Å². The third-order valence-electron chi connectivity index (χ3n) is 5.13. The van der Waals surface area contributed by atoms with Crippen molar-refractivity contribution in [2.45, 2.75) is 64.3 Å². The molecule has 1 aromatic rings. The van der Waals surface area contributed by atoms with Gasteiger partial charge in [-0.1, -0.05) is 24.8 Å². The molecule has 0 radical (unpaired) electrons. The molecule has 0 amide bonds. The van der Waals surface area contributed by atoms with Crippen LogP contribution in [0.4, 0.5) is 4.39 Å². The zero-order valence-corrected chi connectivity index (χ0v) is 21.1. The number of rotatable bonds is 10. The summed E-state index contributed by atoms with van der Waals surface area (Å²) in [6.07, 6.45) is 0.840. The Morgan fingerprint density at radius 1 is 1.40 bits per heavy atom. The molecule has 3 N–H and O–H groups in total. The summed E-state index contributed by atoms with van der Waals surface area (Å²) in [4.78, 5) is 17.8. The molecule has 0 bridgehead atoms. The molecule has 35 heavy (non-hydrogen) atoms. The second-order valence-corrected chi connectivity index (χ2v) is 10.5. The molecule has 3 rings (SSSR count). The average molecular weight is 511 g/mol. The monoisotopic (exact) mass is 510 g/mol. The van der Waals surface area contributed by atoms with E-state index in [1.807, 2.05) is 0 Å². The van der Waals surface area contributed by atoms with Crippen LogP contribution < -0.4 is 15.3 Å². The second-order valence-electron chi connectivity index (χ2n) is 8.80. The maximum Gasteiger partial charge on any atom is 0.459 e. The second kappa shape index (κ2) is 10.9. The molecule has 0 saturated carbocycles. The van der Waals surface area contributed by atoms with Crippen LogP contribution >= 0.6 is 7.75 Å². The van der Waals surface area contributed by atoms with Crippen LogP contribution in [0.1, 0.15) is 34.1 Å². The number of halogens is 1. The lowest BCUT2D eigenvalue weighted by Crippen LogP contribution is -2.43. The predicted octanol–water partition coefficient (Wildman–Crippen LogP) is 3.62. The largest absolute Gasteiger partial charge is 0.462 e. The molecular weight excluding hydrogens is 478 g/mol. The smallest absolute Gasteiger partial charge is 0.459 e. The summed E-state index contributed by atoms with van der Waals surface area (Å²) in [6, 6.07) is 7.35. The van der Waals surface area contributed by atoms with E-state index in [1.165, 1.54) is 24.8 Å². The van der Waals surface area contributed by atoms with Crippen molar-refractivity contribution in [2.75, 3.05) is 6.61 Å². The van der Waals surface area contributed by atoms with Crippen LogP contribution in [0.15, 0.2) is 60.0 Å². The maximum absolute atomic E-state index is 15.4. The standard InChI is InChI=1S/C23H32FN4O6P/c1-15(2)32-21(29)16(3)27-35(30,34-18-9-7-6-8-10-18)31-14-19-13-23(5,24)22(33-19)28-12-11-20(25)26-17(28)4/h6-12,15-16,19,22H,4,13-14H2,1-3,5H3,(H2,25,26)(H,27,30)/t16?,19-,22+,23+,35?/m0/s1. The molecule has 12 heteroatoms. The average Bonchev–Trinajstić information content (AvgIpc) is 3.06. The van der Waals surface area contributed by atoms with Gasteiger partial charge in [0.2, 0.25) is 0 Å². The molecule has 5 atom stereocenters. The van der Waals surface area contributed by atoms with Crippen LogP contribution in [-0.2, 0) is 23.4 Å². The van der Waals surface area contributed by atoms with Crippen molar-refractivity contribution in [3.63, 3.8) is 0 Å². The van der Waals surface area contributed by atoms with Crippen LogP contribution in [0.3, 0.4) is 0 Å². The van der Waals surface area contributed by atoms with Crippen LogP contribution in [0.2, 0.25) is 0 Å². The predicted molar refractivity (Wildman–Crippen MR) is 129 cm³/mol. The highest BCUT2D eigenvalue weighted by Crippen LogP contribution is 2.46. The number of esters is 1. The van der Waals surface area contributed by atoms with Crippen LogP contribution in [-0.4, -0.2) is 53.5 Å². The molecule has 10 nitrogen and oxygen atoms in total. The fraction of sp³-hybridized carbons (Fsp3) is 0.478. The summed E-state index contributed by atoms with van der Waals surface area (Å²) in [5.41, 5.74) is 3.87. The van der Waals surface area contributed by atoms with Crippen molar-refractivity contribution in [3.8, 4) is 5.75 Å². The van der Waals surface area contributed by atoms with Crippen molar-refractivity contribution < 1.29 is 32.3 Å². The third kappa shape index (κ3) is 7.14. The van der Waals surface area contributed by atoms with E-state index in [1.54, 1.807) is 50.4 Å². The number of carbonyl (C=O) groups excluding carboxylic acids is 1. The number of hydrogen-bond donors (Lipinski definition) is 2. The Balaban J connectivity index is 1.71. The van der Waals surface area contributed by atoms with E-state index >= 15 is 4.39 Å². The minimum Gasteiger partial charge on any atom is -0.462 e. The van der Waals surface area contributed by atoms with Gasteiger partial charge < -0.3 is 24.6 Å². The molecule has 2 aliphatic rings. The molecule has 1 fully saturated rings. The van der Waals surface area contributed by atoms with E-state index < -0.39 is 37.8 Å². The number of amidine groups is 1. The molecule has 0 aliphatic carbocycles. The molecule has 2 aliphatic heterocycles. The van der Waals surface area contributed by atoms with Crippen molar-refractivity contribution in [1.82, 2.24) is 9.99 Å². The van der Waals surface area contributed by atoms with Gasteiger partial charge in [-0.2, -0.15) is 5.09 Å². The Hall–Kier alpha value is -2.72. The molecular formula is C23H32FN4O6P. The Labute approximate surface area is 204 Å². The minimum atomic E-state index is -4.10. The molecule has 2 heterocycles. The van der Waals surface area contributed by atoms with Crippen LogP contribution in [0.25, 0.3) is 0 Å². The van der Waals surface area contributed by atoms with Crippen LogP contribution in [0.5, 0.6) is 5.75 Å². The van der Waals surface area contributed by atoms with Gasteiger partial charge in [0.25, 0.3) is 0 Å². The van der Waals surface area contributed by atoms with E-state index in [-0.39, 0.29) is 36.5 Å². The van der Waals surface area contributed by atoms with E-state index in [2.05, 4.69) is 16.7 Å². The number of ether oxygens (including phenoxy) is 2. The number of nitrogens with two attached hydrogens (primary N) is 1. The fourth-order valence-corrected chi connectivity index (χ4v) is 5.11. The molecule has 1 aromatic carbocycles. The number of hydrogen-bond acceptors (Lipinski definition) is 9. The van der Waals surface area contributed by atoms with Gasteiger partial charge in [0.05, 0.1) is 18.8 Å². The topological polar surface area (TPSA) is 125 Å². The number of alkyl halides is 1. The minimum absolute atomic E-state index is 0.0508. The zero-order valence-electron chi connectivity index (χ0n) is 20.2. The highest BCUT2D eigenvalue weighted by atomic mass is 31.2. The van der Waals surface area contributed by atoms with Gasteiger partial charge in [0.15, 0.2) is 11.9 Å². The van der Waals surface area contributed by atoms with E-state index in [0.29, 0.717) is 0 Å². The van der Waals surface area contributed by atoms with Crippen molar-refractivity contribution in [3.05, 3.63) is 55.0 Å². The van der Waals surface area contributed by atoms with Crippen LogP contribution in [0, 0.1) is 0 Å². The number of carbonyl (C=O) groups is 1. The number of nitrogens with zero attached hydrogens (tertiary/aromatic N) is 2. The Morgan fingerprint density at radius 2 is 2.09 bits per heavy atom. The zero-order chi connectivity index (χ0) is 25.8. The maximum atomic E-state index is 15.4. The van der Waals surface area contributed by atoms with Gasteiger partial charge in [-0.05, 0) is 45.9 Å². The molecule has 0 aromatic heterocycles. The number of aliphatic imine (C=N–C) groups is 1. The lowest BCUT2D eigenvalue weighted by Gasteiger charge is -2.33. The summed E-state index contributed by atoms with van der Waals surface area (Å²) < 4.78 is 51.3. The summed E-state index contributed by atoms with van der Waals surface area (Å²) in [5, 5.41) is 2.60. The Morgan fingerprint density at radius 3 is 2.71 bits per heavy atom. The van der Waals surface area contributed by atoms with Gasteiger partial charge >= 0.3 is 13.7 Å².